The third kappa shape index (κ3) is 6.32. The number of benzene rings is 2. The van der Waals surface area contributed by atoms with E-state index in [9.17, 15) is 13.2 Å². The monoisotopic (exact) mass is 380 g/mol. The second kappa shape index (κ2) is 8.29. The highest BCUT2D eigenvalue weighted by atomic mass is 35.5. The maximum Gasteiger partial charge on any atom is 0.179 e. The number of allylic oxidation sites excluding steroid dienone is 1. The van der Waals surface area contributed by atoms with E-state index in [-0.39, 0.29) is 0 Å². The maximum atomic E-state index is 12.0. The second-order valence-corrected chi connectivity index (χ2v) is 7.77. The lowest BCUT2D eigenvalue weighted by molar-refractivity contribution is -0.112. The number of halogens is 2. The van der Waals surface area contributed by atoms with Crippen molar-refractivity contribution in [2.75, 3.05) is 5.75 Å². The van der Waals surface area contributed by atoms with E-state index in [1.165, 1.54) is 12.2 Å². The van der Waals surface area contributed by atoms with Gasteiger partial charge in [-0.2, -0.15) is 0 Å². The highest BCUT2D eigenvalue weighted by Crippen LogP contribution is 2.12. The summed E-state index contributed by atoms with van der Waals surface area (Å²) in [5.74, 6) is -1.08. The Morgan fingerprint density at radius 2 is 1.29 bits per heavy atom. The molecule has 6 heteroatoms. The van der Waals surface area contributed by atoms with E-state index < -0.39 is 21.4 Å². The summed E-state index contributed by atoms with van der Waals surface area (Å²) in [6.07, 6.45) is 4.23. The average Bonchev–Trinajstić information content (AvgIpc) is 2.53. The molecule has 0 unspecified atom stereocenters. The van der Waals surface area contributed by atoms with Gasteiger partial charge in [-0.05, 0) is 47.5 Å². The minimum atomic E-state index is -3.64. The van der Waals surface area contributed by atoms with Gasteiger partial charge in [0.15, 0.2) is 15.6 Å². The van der Waals surface area contributed by atoms with Crippen LogP contribution in [0.1, 0.15) is 11.1 Å². The number of ketones is 1. The highest BCUT2D eigenvalue weighted by molar-refractivity contribution is 7.95. The van der Waals surface area contributed by atoms with E-state index in [1.54, 1.807) is 54.6 Å². The molecule has 0 fully saturated rings. The molecule has 2 rings (SSSR count). The van der Waals surface area contributed by atoms with Crippen molar-refractivity contribution in [3.05, 3.63) is 81.2 Å². The predicted octanol–water partition coefficient (Wildman–Crippen LogP) is 4.66. The van der Waals surface area contributed by atoms with Crippen LogP contribution in [0.5, 0.6) is 0 Å². The summed E-state index contributed by atoms with van der Waals surface area (Å²) in [5.41, 5.74) is 1.45. The number of hydrogen-bond donors (Lipinski definition) is 0. The van der Waals surface area contributed by atoms with Crippen LogP contribution in [0, 0.1) is 0 Å². The van der Waals surface area contributed by atoms with Crippen molar-refractivity contribution < 1.29 is 13.2 Å². The van der Waals surface area contributed by atoms with E-state index in [1.807, 2.05) is 0 Å². The third-order valence-electron chi connectivity index (χ3n) is 3.01. The van der Waals surface area contributed by atoms with Gasteiger partial charge in [-0.15, -0.1) is 0 Å². The fourth-order valence-electron chi connectivity index (χ4n) is 1.81. The summed E-state index contributed by atoms with van der Waals surface area (Å²) in [7, 11) is -3.64. The Bertz CT molecular complexity index is 865. The molecule has 0 saturated heterocycles. The fourth-order valence-corrected chi connectivity index (χ4v) is 3.02. The van der Waals surface area contributed by atoms with E-state index in [2.05, 4.69) is 0 Å². The van der Waals surface area contributed by atoms with Gasteiger partial charge in [0.25, 0.3) is 0 Å². The van der Waals surface area contributed by atoms with Crippen LogP contribution in [0.15, 0.2) is 60.0 Å². The number of sulfone groups is 1. The van der Waals surface area contributed by atoms with Gasteiger partial charge < -0.3 is 0 Å². The van der Waals surface area contributed by atoms with E-state index in [0.29, 0.717) is 15.6 Å². The zero-order valence-corrected chi connectivity index (χ0v) is 14.9. The van der Waals surface area contributed by atoms with Crippen molar-refractivity contribution in [1.29, 1.82) is 0 Å². The van der Waals surface area contributed by atoms with E-state index in [0.717, 1.165) is 11.0 Å². The molecule has 0 spiro atoms. The Morgan fingerprint density at radius 3 is 1.79 bits per heavy atom. The molecular weight excluding hydrogens is 367 g/mol. The summed E-state index contributed by atoms with van der Waals surface area (Å²) in [5, 5.41) is 2.19. The first-order chi connectivity index (χ1) is 11.3. The van der Waals surface area contributed by atoms with Gasteiger partial charge in [0, 0.05) is 15.5 Å². The molecule has 2 aromatic rings. The summed E-state index contributed by atoms with van der Waals surface area (Å²) in [4.78, 5) is 11.8. The molecule has 0 aromatic heterocycles. The van der Waals surface area contributed by atoms with Crippen LogP contribution in [-0.4, -0.2) is 20.0 Å². The van der Waals surface area contributed by atoms with Gasteiger partial charge in [-0.1, -0.05) is 53.5 Å². The summed E-state index contributed by atoms with van der Waals surface area (Å²) < 4.78 is 23.9. The Kier molecular flexibility index (Phi) is 6.37. The fraction of sp³-hybridized carbons (Fsp3) is 0.0556. The molecule has 0 N–H and O–H groups in total. The van der Waals surface area contributed by atoms with Crippen molar-refractivity contribution in [3.8, 4) is 0 Å². The van der Waals surface area contributed by atoms with Crippen molar-refractivity contribution in [3.63, 3.8) is 0 Å². The number of carbonyl (C=O) groups is 1. The molecule has 0 amide bonds. The number of hydrogen-bond acceptors (Lipinski definition) is 3. The minimum Gasteiger partial charge on any atom is -0.294 e. The molecule has 0 aliphatic heterocycles. The third-order valence-corrected chi connectivity index (χ3v) is 4.75. The smallest absolute Gasteiger partial charge is 0.179 e. The molecule has 124 valence electrons. The zero-order valence-electron chi connectivity index (χ0n) is 12.5. The van der Waals surface area contributed by atoms with Crippen LogP contribution >= 0.6 is 23.2 Å². The minimum absolute atomic E-state index is 0.495. The molecule has 0 radical (unpaired) electrons. The SMILES string of the molecule is O=C(C=Cc1ccc(Cl)cc1)CS(=O)(=O)C=Cc1ccc(Cl)cc1. The van der Waals surface area contributed by atoms with Gasteiger partial charge >= 0.3 is 0 Å². The molecule has 0 atom stereocenters. The largest absolute Gasteiger partial charge is 0.294 e. The van der Waals surface area contributed by atoms with Crippen molar-refractivity contribution in [1.82, 2.24) is 0 Å². The molecule has 24 heavy (non-hydrogen) atoms. The molecule has 0 aliphatic carbocycles. The first-order valence-corrected chi connectivity index (χ1v) is 9.44. The van der Waals surface area contributed by atoms with Crippen molar-refractivity contribution in [2.45, 2.75) is 0 Å². The normalized spacial score (nSPS) is 12.1. The summed E-state index contributed by atoms with van der Waals surface area (Å²) in [6.45, 7) is 0. The Morgan fingerprint density at radius 1 is 0.833 bits per heavy atom. The average molecular weight is 381 g/mol. The van der Waals surface area contributed by atoms with Crippen LogP contribution in [0.4, 0.5) is 0 Å². The molecule has 0 aliphatic rings. The van der Waals surface area contributed by atoms with Crippen LogP contribution in [-0.2, 0) is 14.6 Å². The van der Waals surface area contributed by atoms with E-state index in [4.69, 9.17) is 23.2 Å². The predicted molar refractivity (Wildman–Crippen MR) is 99.8 cm³/mol. The molecule has 0 saturated carbocycles. The lowest BCUT2D eigenvalue weighted by Crippen LogP contribution is -2.11. The standard InChI is InChI=1S/C18H14Cl2O3S/c19-16-6-1-14(2-7-16)5-10-18(21)13-24(22,23)12-11-15-3-8-17(20)9-4-15/h1-12H,13H2. The number of rotatable bonds is 6. The van der Waals surface area contributed by atoms with Crippen molar-refractivity contribution >= 4 is 51.0 Å². The van der Waals surface area contributed by atoms with Crippen molar-refractivity contribution in [2.24, 2.45) is 0 Å². The maximum absolute atomic E-state index is 12.0. The van der Waals surface area contributed by atoms with Crippen LogP contribution in [0.25, 0.3) is 12.2 Å². The first kappa shape index (κ1) is 18.5. The summed E-state index contributed by atoms with van der Waals surface area (Å²) in [6, 6.07) is 13.6. The molecule has 2 aromatic carbocycles. The van der Waals surface area contributed by atoms with Crippen LogP contribution in [0.2, 0.25) is 10.0 Å². The van der Waals surface area contributed by atoms with Gasteiger partial charge in [0.2, 0.25) is 0 Å². The topological polar surface area (TPSA) is 51.2 Å². The Hall–Kier alpha value is -1.88. The molecule has 0 bridgehead atoms. The first-order valence-electron chi connectivity index (χ1n) is 6.97. The van der Waals surface area contributed by atoms with Gasteiger partial charge in [0.05, 0.1) is 0 Å². The lowest BCUT2D eigenvalue weighted by Gasteiger charge is -1.97. The molecule has 0 heterocycles. The highest BCUT2D eigenvalue weighted by Gasteiger charge is 2.11. The van der Waals surface area contributed by atoms with E-state index >= 15 is 0 Å². The van der Waals surface area contributed by atoms with Gasteiger partial charge in [0.1, 0.15) is 5.75 Å². The quantitative estimate of drug-likeness (QED) is 0.684. The lowest BCUT2D eigenvalue weighted by atomic mass is 10.2. The zero-order chi connectivity index (χ0) is 17.6. The van der Waals surface area contributed by atoms with Crippen LogP contribution < -0.4 is 0 Å². The van der Waals surface area contributed by atoms with Gasteiger partial charge in [-0.25, -0.2) is 8.42 Å². The molecule has 3 nitrogen and oxygen atoms in total. The Labute approximate surface area is 151 Å². The van der Waals surface area contributed by atoms with Gasteiger partial charge in [-0.3, -0.25) is 4.79 Å². The summed E-state index contributed by atoms with van der Waals surface area (Å²) >= 11 is 11.5. The Balaban J connectivity index is 1.98. The van der Waals surface area contributed by atoms with Crippen LogP contribution in [0.3, 0.4) is 0 Å². The molecular formula is C18H14Cl2O3S. The second-order valence-electron chi connectivity index (χ2n) is 5.01. The number of carbonyl (C=O) groups excluding carboxylic acids is 1.